The molecule has 0 N–H and O–H groups in total. The minimum atomic E-state index is 0.682. The van der Waals surface area contributed by atoms with Crippen molar-refractivity contribution in [2.24, 2.45) is 5.92 Å². The summed E-state index contributed by atoms with van der Waals surface area (Å²) in [5.41, 5.74) is 1.45. The molecule has 0 spiro atoms. The molecule has 0 radical (unpaired) electrons. The molecule has 0 aliphatic carbocycles. The van der Waals surface area contributed by atoms with Gasteiger partial charge in [-0.1, -0.05) is 44.6 Å². The van der Waals surface area contributed by atoms with E-state index in [-0.39, 0.29) is 0 Å². The van der Waals surface area contributed by atoms with Crippen LogP contribution in [0.2, 0.25) is 0 Å². The van der Waals surface area contributed by atoms with Crippen LogP contribution in [0, 0.1) is 5.92 Å². The number of allylic oxidation sites excluding steroid dienone is 4. The molecule has 0 saturated heterocycles. The van der Waals surface area contributed by atoms with Crippen LogP contribution in [0.4, 0.5) is 0 Å². The lowest BCUT2D eigenvalue weighted by Gasteiger charge is -2.01. The molecule has 0 heteroatoms. The van der Waals surface area contributed by atoms with Gasteiger partial charge in [0.05, 0.1) is 0 Å². The van der Waals surface area contributed by atoms with Crippen LogP contribution in [-0.4, -0.2) is 0 Å². The Balaban J connectivity index is 3.79. The van der Waals surface area contributed by atoms with E-state index in [0.29, 0.717) is 5.92 Å². The van der Waals surface area contributed by atoms with Crippen LogP contribution in [0.1, 0.15) is 34.1 Å². The van der Waals surface area contributed by atoms with Gasteiger partial charge >= 0.3 is 0 Å². The van der Waals surface area contributed by atoms with E-state index in [1.54, 1.807) is 0 Å². The molecule has 0 atom stereocenters. The van der Waals surface area contributed by atoms with Crippen molar-refractivity contribution in [3.8, 4) is 0 Å². The first-order valence-electron chi connectivity index (χ1n) is 4.01. The highest BCUT2D eigenvalue weighted by atomic mass is 14.0. The molecule has 0 saturated carbocycles. The number of hydrogen-bond donors (Lipinski definition) is 0. The van der Waals surface area contributed by atoms with Crippen LogP contribution in [0.5, 0.6) is 0 Å². The van der Waals surface area contributed by atoms with E-state index in [1.165, 1.54) is 5.57 Å². The van der Waals surface area contributed by atoms with Crippen molar-refractivity contribution in [2.45, 2.75) is 34.1 Å². The second kappa shape index (κ2) is 5.28. The predicted octanol–water partition coefficient (Wildman–Crippen LogP) is 3.55. The van der Waals surface area contributed by atoms with Gasteiger partial charge in [0.2, 0.25) is 0 Å². The average molecular weight is 138 g/mol. The molecule has 10 heavy (non-hydrogen) atoms. The van der Waals surface area contributed by atoms with Crippen molar-refractivity contribution in [1.29, 1.82) is 0 Å². The first-order chi connectivity index (χ1) is 4.68. The van der Waals surface area contributed by atoms with E-state index in [1.807, 2.05) is 0 Å². The molecule has 0 nitrogen and oxygen atoms in total. The zero-order valence-electron chi connectivity index (χ0n) is 7.52. The van der Waals surface area contributed by atoms with Crippen molar-refractivity contribution in [3.63, 3.8) is 0 Å². The second-order valence-corrected chi connectivity index (χ2v) is 2.90. The van der Waals surface area contributed by atoms with Crippen molar-refractivity contribution in [3.05, 3.63) is 23.8 Å². The highest BCUT2D eigenvalue weighted by Gasteiger charge is 1.91. The summed E-state index contributed by atoms with van der Waals surface area (Å²) in [5, 5.41) is 0. The topological polar surface area (TPSA) is 0 Å². The second-order valence-electron chi connectivity index (χ2n) is 2.90. The Labute approximate surface area is 64.6 Å². The summed E-state index contributed by atoms with van der Waals surface area (Å²) in [7, 11) is 0. The van der Waals surface area contributed by atoms with Gasteiger partial charge < -0.3 is 0 Å². The Morgan fingerprint density at radius 1 is 1.40 bits per heavy atom. The normalized spacial score (nSPS) is 13.5. The first kappa shape index (κ1) is 9.48. The van der Waals surface area contributed by atoms with Crippen molar-refractivity contribution >= 4 is 0 Å². The van der Waals surface area contributed by atoms with Crippen molar-refractivity contribution in [1.82, 2.24) is 0 Å². The lowest BCUT2D eigenvalue weighted by Crippen LogP contribution is -1.86. The van der Waals surface area contributed by atoms with E-state index < -0.39 is 0 Å². The summed E-state index contributed by atoms with van der Waals surface area (Å²) in [6, 6.07) is 0. The minimum absolute atomic E-state index is 0.682. The summed E-state index contributed by atoms with van der Waals surface area (Å²) in [6.45, 7) is 8.75. The van der Waals surface area contributed by atoms with E-state index >= 15 is 0 Å². The van der Waals surface area contributed by atoms with E-state index in [4.69, 9.17) is 0 Å². The molecule has 58 valence electrons. The molecule has 0 aromatic heterocycles. The van der Waals surface area contributed by atoms with Gasteiger partial charge in [0.1, 0.15) is 0 Å². The first-order valence-corrected chi connectivity index (χ1v) is 4.01. The monoisotopic (exact) mass is 138 g/mol. The molecule has 0 unspecified atom stereocenters. The lowest BCUT2D eigenvalue weighted by atomic mass is 10.1. The maximum atomic E-state index is 2.21. The summed E-state index contributed by atoms with van der Waals surface area (Å²) in [6.07, 6.45) is 7.62. The van der Waals surface area contributed by atoms with Crippen molar-refractivity contribution < 1.29 is 0 Å². The van der Waals surface area contributed by atoms with Crippen LogP contribution >= 0.6 is 0 Å². The van der Waals surface area contributed by atoms with Gasteiger partial charge in [-0.15, -0.1) is 0 Å². The maximum absolute atomic E-state index is 2.21. The van der Waals surface area contributed by atoms with Gasteiger partial charge in [-0.05, 0) is 19.3 Å². The third kappa shape index (κ3) is 4.37. The van der Waals surface area contributed by atoms with Crippen LogP contribution in [0.25, 0.3) is 0 Å². The Morgan fingerprint density at radius 3 is 2.40 bits per heavy atom. The van der Waals surface area contributed by atoms with Gasteiger partial charge in [0.25, 0.3) is 0 Å². The van der Waals surface area contributed by atoms with Crippen LogP contribution < -0.4 is 0 Å². The summed E-state index contributed by atoms with van der Waals surface area (Å²) >= 11 is 0. The molecule has 0 aliphatic rings. The predicted molar refractivity (Wildman–Crippen MR) is 48.0 cm³/mol. The molecule has 0 bridgehead atoms. The molecular weight excluding hydrogens is 120 g/mol. The zero-order chi connectivity index (χ0) is 7.98. The van der Waals surface area contributed by atoms with Gasteiger partial charge in [-0.2, -0.15) is 0 Å². The summed E-state index contributed by atoms with van der Waals surface area (Å²) in [5.74, 6) is 0.682. The molecule has 0 rings (SSSR count). The van der Waals surface area contributed by atoms with E-state index in [9.17, 15) is 0 Å². The quantitative estimate of drug-likeness (QED) is 0.523. The highest BCUT2D eigenvalue weighted by molar-refractivity contribution is 5.11. The highest BCUT2D eigenvalue weighted by Crippen LogP contribution is 2.07. The zero-order valence-corrected chi connectivity index (χ0v) is 7.52. The minimum Gasteiger partial charge on any atom is -0.0848 e. The summed E-state index contributed by atoms with van der Waals surface area (Å²) in [4.78, 5) is 0. The van der Waals surface area contributed by atoms with Crippen LogP contribution in [-0.2, 0) is 0 Å². The third-order valence-electron chi connectivity index (χ3n) is 1.64. The Morgan fingerprint density at radius 2 is 2.00 bits per heavy atom. The third-order valence-corrected chi connectivity index (χ3v) is 1.64. The fourth-order valence-corrected chi connectivity index (χ4v) is 0.548. The molecule has 0 aromatic carbocycles. The van der Waals surface area contributed by atoms with Gasteiger partial charge in [-0.25, -0.2) is 0 Å². The summed E-state index contributed by atoms with van der Waals surface area (Å²) < 4.78 is 0. The fraction of sp³-hybridized carbons (Fsp3) is 0.600. The number of rotatable bonds is 3. The van der Waals surface area contributed by atoms with Gasteiger partial charge in [0.15, 0.2) is 0 Å². The number of hydrogen-bond acceptors (Lipinski definition) is 0. The Kier molecular flexibility index (Phi) is 5.00. The smallest absolute Gasteiger partial charge is 0.0260 e. The standard InChI is InChI=1S/C10H18/c1-5-6-7-8-10(4)9(2)3/h6-9H,5H2,1-4H3. The largest absolute Gasteiger partial charge is 0.0848 e. The average Bonchev–Trinajstić information content (AvgIpc) is 1.88. The van der Waals surface area contributed by atoms with Gasteiger partial charge in [-0.3, -0.25) is 0 Å². The van der Waals surface area contributed by atoms with Crippen molar-refractivity contribution in [2.75, 3.05) is 0 Å². The van der Waals surface area contributed by atoms with E-state index in [0.717, 1.165) is 6.42 Å². The van der Waals surface area contributed by atoms with Gasteiger partial charge in [0, 0.05) is 0 Å². The molecular formula is C10H18. The van der Waals surface area contributed by atoms with Crippen LogP contribution in [0.3, 0.4) is 0 Å². The van der Waals surface area contributed by atoms with Crippen LogP contribution in [0.15, 0.2) is 23.8 Å². The lowest BCUT2D eigenvalue weighted by molar-refractivity contribution is 0.769. The Hall–Kier alpha value is -0.520. The fourth-order valence-electron chi connectivity index (χ4n) is 0.548. The Bertz CT molecular complexity index is 127. The SMILES string of the molecule is CCC=CC=C(C)C(C)C. The molecule has 0 heterocycles. The molecule has 0 aromatic rings. The van der Waals surface area contributed by atoms with E-state index in [2.05, 4.69) is 45.9 Å². The molecule has 0 fully saturated rings. The molecule has 0 amide bonds. The molecule has 0 aliphatic heterocycles. The maximum Gasteiger partial charge on any atom is -0.0260 e.